The lowest BCUT2D eigenvalue weighted by Gasteiger charge is -2.07. The first kappa shape index (κ1) is 19.9. The maximum absolute atomic E-state index is 12.8. The topological polar surface area (TPSA) is 115 Å². The molecule has 0 saturated carbocycles. The van der Waals surface area contributed by atoms with E-state index in [-0.39, 0.29) is 17.2 Å². The third-order valence-electron chi connectivity index (χ3n) is 4.46. The summed E-state index contributed by atoms with van der Waals surface area (Å²) in [5.41, 5.74) is 1.31. The summed E-state index contributed by atoms with van der Waals surface area (Å²) in [5.74, 6) is -1.63. The molecule has 0 spiro atoms. The summed E-state index contributed by atoms with van der Waals surface area (Å²) < 4.78 is 8.00. The number of carbonyl (C=O) groups is 3. The number of benzene rings is 1. The van der Waals surface area contributed by atoms with Gasteiger partial charge in [-0.2, -0.15) is 0 Å². The van der Waals surface area contributed by atoms with Gasteiger partial charge in [0.2, 0.25) is 0 Å². The fourth-order valence-corrected chi connectivity index (χ4v) is 2.81. The number of para-hydroxylation sites is 1. The molecule has 0 bridgehead atoms. The van der Waals surface area contributed by atoms with Crippen LogP contribution in [-0.2, 0) is 16.6 Å². The average molecular weight is 396 g/mol. The Morgan fingerprint density at radius 3 is 2.48 bits per heavy atom. The third kappa shape index (κ3) is 4.03. The molecule has 0 atom stereocenters. The number of aromatic amines is 1. The van der Waals surface area contributed by atoms with Gasteiger partial charge in [-0.25, -0.2) is 9.48 Å². The van der Waals surface area contributed by atoms with Crippen molar-refractivity contribution in [2.45, 2.75) is 13.8 Å². The van der Waals surface area contributed by atoms with E-state index in [1.165, 1.54) is 23.9 Å². The quantitative estimate of drug-likeness (QED) is 0.487. The molecule has 9 heteroatoms. The molecule has 3 aromatic rings. The van der Waals surface area contributed by atoms with Crippen LogP contribution in [0.25, 0.3) is 5.69 Å². The third-order valence-corrected chi connectivity index (χ3v) is 4.46. The number of ketones is 1. The van der Waals surface area contributed by atoms with Crippen LogP contribution >= 0.6 is 0 Å². The number of hydrogen-bond donors (Lipinski definition) is 2. The van der Waals surface area contributed by atoms with Crippen LogP contribution in [0.15, 0.2) is 47.4 Å². The summed E-state index contributed by atoms with van der Waals surface area (Å²) in [6, 6.07) is 10.4. The molecule has 2 aromatic heterocycles. The highest BCUT2D eigenvalue weighted by atomic mass is 16.5. The van der Waals surface area contributed by atoms with E-state index in [0.717, 1.165) is 0 Å². The van der Waals surface area contributed by atoms with Crippen LogP contribution in [0.5, 0.6) is 0 Å². The smallest absolute Gasteiger partial charge is 0.355 e. The number of H-pyrrole nitrogens is 1. The number of aromatic nitrogens is 3. The SMILES string of the molecule is CC(=O)c1c[nH]c(C(=O)OCC(=O)Nc2c(C)n(C)n(-c3ccccc3)c2=O)c1. The first-order chi connectivity index (χ1) is 13.8. The largest absolute Gasteiger partial charge is 0.451 e. The van der Waals surface area contributed by atoms with E-state index in [0.29, 0.717) is 16.9 Å². The minimum atomic E-state index is -0.779. The predicted octanol–water partition coefficient (Wildman–Crippen LogP) is 1.81. The van der Waals surface area contributed by atoms with Crippen LogP contribution in [0.3, 0.4) is 0 Å². The standard InChI is InChI=1S/C20H20N4O5/c1-12-18(19(27)24(23(12)3)15-7-5-4-6-8-15)22-17(26)11-29-20(28)16-9-14(10-21-16)13(2)25/h4-10,21H,11H2,1-3H3,(H,22,26). The second-order valence-corrected chi connectivity index (χ2v) is 6.42. The maximum Gasteiger partial charge on any atom is 0.355 e. The predicted molar refractivity (Wildman–Crippen MR) is 105 cm³/mol. The fraction of sp³-hybridized carbons (Fsp3) is 0.200. The molecule has 0 aliphatic heterocycles. The van der Waals surface area contributed by atoms with Gasteiger partial charge in [0.05, 0.1) is 11.4 Å². The molecule has 1 aromatic carbocycles. The van der Waals surface area contributed by atoms with Crippen LogP contribution in [0.1, 0.15) is 33.5 Å². The number of amides is 1. The Balaban J connectivity index is 1.70. The summed E-state index contributed by atoms with van der Waals surface area (Å²) in [6.45, 7) is 2.49. The van der Waals surface area contributed by atoms with E-state index in [4.69, 9.17) is 4.74 Å². The minimum Gasteiger partial charge on any atom is -0.451 e. The van der Waals surface area contributed by atoms with Crippen LogP contribution in [0, 0.1) is 6.92 Å². The molecule has 29 heavy (non-hydrogen) atoms. The number of esters is 1. The Morgan fingerprint density at radius 2 is 1.86 bits per heavy atom. The summed E-state index contributed by atoms with van der Waals surface area (Å²) in [5, 5.41) is 2.51. The molecular formula is C20H20N4O5. The molecule has 0 fully saturated rings. The van der Waals surface area contributed by atoms with E-state index in [1.807, 2.05) is 6.07 Å². The molecule has 0 aliphatic rings. The van der Waals surface area contributed by atoms with Crippen LogP contribution in [0.4, 0.5) is 5.69 Å². The summed E-state index contributed by atoms with van der Waals surface area (Å²) in [7, 11) is 1.71. The molecule has 0 aliphatic carbocycles. The Kier molecular flexibility index (Phi) is 5.49. The Bertz CT molecular complexity index is 1140. The van der Waals surface area contributed by atoms with Crippen LogP contribution in [0.2, 0.25) is 0 Å². The molecule has 9 nitrogen and oxygen atoms in total. The maximum atomic E-state index is 12.8. The summed E-state index contributed by atoms with van der Waals surface area (Å²) >= 11 is 0. The first-order valence-electron chi connectivity index (χ1n) is 8.80. The average Bonchev–Trinajstić information content (AvgIpc) is 3.27. The summed E-state index contributed by atoms with van der Waals surface area (Å²) in [6.07, 6.45) is 1.39. The number of hydrogen-bond acceptors (Lipinski definition) is 5. The van der Waals surface area contributed by atoms with Crippen molar-refractivity contribution >= 4 is 23.3 Å². The zero-order chi connectivity index (χ0) is 21.1. The highest BCUT2D eigenvalue weighted by Crippen LogP contribution is 2.14. The molecule has 1 amide bonds. The van der Waals surface area contributed by atoms with Crippen molar-refractivity contribution in [2.24, 2.45) is 7.05 Å². The van der Waals surface area contributed by atoms with Gasteiger partial charge in [-0.05, 0) is 32.0 Å². The van der Waals surface area contributed by atoms with Crippen molar-refractivity contribution in [2.75, 3.05) is 11.9 Å². The first-order valence-corrected chi connectivity index (χ1v) is 8.80. The number of anilines is 1. The van der Waals surface area contributed by atoms with Gasteiger partial charge in [0.1, 0.15) is 11.4 Å². The van der Waals surface area contributed by atoms with Crippen LogP contribution < -0.4 is 10.9 Å². The second kappa shape index (κ2) is 8.01. The molecule has 150 valence electrons. The van der Waals surface area contributed by atoms with E-state index in [9.17, 15) is 19.2 Å². The van der Waals surface area contributed by atoms with Crippen molar-refractivity contribution < 1.29 is 19.1 Å². The number of ether oxygens (including phenoxy) is 1. The zero-order valence-corrected chi connectivity index (χ0v) is 16.2. The van der Waals surface area contributed by atoms with Crippen molar-refractivity contribution in [3.8, 4) is 5.69 Å². The van der Waals surface area contributed by atoms with Gasteiger partial charge < -0.3 is 15.0 Å². The Morgan fingerprint density at radius 1 is 1.17 bits per heavy atom. The van der Waals surface area contributed by atoms with Gasteiger partial charge in [-0.3, -0.25) is 19.1 Å². The normalized spacial score (nSPS) is 10.6. The molecule has 0 radical (unpaired) electrons. The number of rotatable bonds is 6. The van der Waals surface area contributed by atoms with E-state index in [2.05, 4.69) is 10.3 Å². The number of carbonyl (C=O) groups excluding carboxylic acids is 3. The van der Waals surface area contributed by atoms with Crippen LogP contribution in [-0.4, -0.2) is 38.6 Å². The molecule has 0 unspecified atom stereocenters. The monoisotopic (exact) mass is 396 g/mol. The van der Waals surface area contributed by atoms with Crippen molar-refractivity contribution in [3.05, 3.63) is 69.9 Å². The molecule has 3 rings (SSSR count). The van der Waals surface area contributed by atoms with E-state index < -0.39 is 24.0 Å². The van der Waals surface area contributed by atoms with Gasteiger partial charge in [0.15, 0.2) is 12.4 Å². The van der Waals surface area contributed by atoms with Crippen molar-refractivity contribution in [1.29, 1.82) is 0 Å². The van der Waals surface area contributed by atoms with Gasteiger partial charge in [-0.15, -0.1) is 0 Å². The molecule has 0 saturated heterocycles. The highest BCUT2D eigenvalue weighted by molar-refractivity contribution is 5.98. The van der Waals surface area contributed by atoms with Crippen molar-refractivity contribution in [3.63, 3.8) is 0 Å². The Hall–Kier alpha value is -3.88. The molecule has 2 heterocycles. The lowest BCUT2D eigenvalue weighted by atomic mass is 10.2. The zero-order valence-electron chi connectivity index (χ0n) is 16.2. The number of Topliss-reactive ketones (excluding diaryl/α,β-unsaturated/α-hetero) is 1. The van der Waals surface area contributed by atoms with Gasteiger partial charge in [0, 0.05) is 18.8 Å². The van der Waals surface area contributed by atoms with Gasteiger partial charge in [0.25, 0.3) is 11.5 Å². The molecule has 2 N–H and O–H groups in total. The second-order valence-electron chi connectivity index (χ2n) is 6.42. The van der Waals surface area contributed by atoms with E-state index in [1.54, 1.807) is 42.9 Å². The number of nitrogens with zero attached hydrogens (tertiary/aromatic N) is 2. The highest BCUT2D eigenvalue weighted by Gasteiger charge is 2.19. The van der Waals surface area contributed by atoms with Gasteiger partial charge in [-0.1, -0.05) is 18.2 Å². The van der Waals surface area contributed by atoms with Gasteiger partial charge >= 0.3 is 5.97 Å². The summed E-state index contributed by atoms with van der Waals surface area (Å²) in [4.78, 5) is 50.9. The number of nitrogens with one attached hydrogen (secondary N) is 2. The Labute approximate surface area is 165 Å². The molecular weight excluding hydrogens is 376 g/mol. The van der Waals surface area contributed by atoms with Crippen molar-refractivity contribution in [1.82, 2.24) is 14.3 Å². The lowest BCUT2D eigenvalue weighted by Crippen LogP contribution is -2.25. The lowest BCUT2D eigenvalue weighted by molar-refractivity contribution is -0.119. The minimum absolute atomic E-state index is 0.0605. The van der Waals surface area contributed by atoms with E-state index >= 15 is 0 Å². The fourth-order valence-electron chi connectivity index (χ4n) is 2.81.